The molecule has 0 saturated carbocycles. The smallest absolute Gasteiger partial charge is 0.429 e. The maximum absolute atomic E-state index is 7.00. The number of fused-ring (bicyclic) bond motifs is 1. The van der Waals surface area contributed by atoms with Crippen molar-refractivity contribution in [2.24, 2.45) is 0 Å². The zero-order valence-electron chi connectivity index (χ0n) is 6.96. The van der Waals surface area contributed by atoms with Gasteiger partial charge in [0.2, 0.25) is 0 Å². The highest BCUT2D eigenvalue weighted by Crippen LogP contribution is 2.07. The first kappa shape index (κ1) is 9.70. The summed E-state index contributed by atoms with van der Waals surface area (Å²) in [6.45, 7) is 0. The van der Waals surface area contributed by atoms with Crippen molar-refractivity contribution in [3.8, 4) is 0 Å². The molecule has 0 aliphatic carbocycles. The van der Waals surface area contributed by atoms with Crippen LogP contribution < -0.4 is 0 Å². The zero-order valence-corrected chi connectivity index (χ0v) is 6.96. The van der Waals surface area contributed by atoms with Gasteiger partial charge in [-0.15, -0.1) is 0 Å². The van der Waals surface area contributed by atoms with Crippen LogP contribution in [-0.2, 0) is 0 Å². The standard InChI is InChI=1S/C9H7N.BH2O2/c1-2-6-9-8(4-1)5-3-7-10-9;2-1-3/h1-7H;2-3H. The zero-order chi connectivity index (χ0) is 9.52. The SMILES string of the molecule is O[B]O.c1ccc2ncccc2c1. The van der Waals surface area contributed by atoms with Crippen LogP contribution in [0.3, 0.4) is 0 Å². The number of rotatable bonds is 0. The second kappa shape index (κ2) is 5.29. The molecule has 0 atom stereocenters. The van der Waals surface area contributed by atoms with Gasteiger partial charge >= 0.3 is 7.69 Å². The van der Waals surface area contributed by atoms with E-state index in [1.54, 1.807) is 0 Å². The minimum atomic E-state index is 0. The van der Waals surface area contributed by atoms with Crippen molar-refractivity contribution in [2.45, 2.75) is 0 Å². The molecule has 0 unspecified atom stereocenters. The molecule has 13 heavy (non-hydrogen) atoms. The Morgan fingerprint density at radius 1 is 1.00 bits per heavy atom. The Kier molecular flexibility index (Phi) is 3.95. The minimum Gasteiger partial charge on any atom is -0.429 e. The number of pyridine rings is 1. The predicted octanol–water partition coefficient (Wildman–Crippen LogP) is 0.740. The van der Waals surface area contributed by atoms with E-state index in [2.05, 4.69) is 17.1 Å². The maximum Gasteiger partial charge on any atom is 0.482 e. The van der Waals surface area contributed by atoms with Crippen LogP contribution in [0, 0.1) is 0 Å². The van der Waals surface area contributed by atoms with Gasteiger partial charge in [0.15, 0.2) is 0 Å². The lowest BCUT2D eigenvalue weighted by molar-refractivity contribution is 0.448. The molecular weight excluding hydrogens is 165 g/mol. The minimum absolute atomic E-state index is 0. The summed E-state index contributed by atoms with van der Waals surface area (Å²) >= 11 is 0. The van der Waals surface area contributed by atoms with Gasteiger partial charge in [-0.05, 0) is 12.1 Å². The molecule has 2 aromatic rings. The first-order valence-corrected chi connectivity index (χ1v) is 3.78. The summed E-state index contributed by atoms with van der Waals surface area (Å²) in [6, 6.07) is 12.1. The van der Waals surface area contributed by atoms with Gasteiger partial charge in [0.25, 0.3) is 0 Å². The molecule has 65 valence electrons. The van der Waals surface area contributed by atoms with Crippen molar-refractivity contribution in [1.29, 1.82) is 0 Å². The molecular formula is C9H9BNO2. The lowest BCUT2D eigenvalue weighted by atomic mass is 10.2. The van der Waals surface area contributed by atoms with Gasteiger partial charge in [-0.25, -0.2) is 0 Å². The van der Waals surface area contributed by atoms with E-state index < -0.39 is 0 Å². The van der Waals surface area contributed by atoms with E-state index in [4.69, 9.17) is 10.0 Å². The quantitative estimate of drug-likeness (QED) is 0.579. The van der Waals surface area contributed by atoms with Crippen molar-refractivity contribution in [3.63, 3.8) is 0 Å². The van der Waals surface area contributed by atoms with Gasteiger partial charge in [0, 0.05) is 11.6 Å². The Hall–Kier alpha value is -1.39. The third kappa shape index (κ3) is 2.85. The molecule has 3 nitrogen and oxygen atoms in total. The number of nitrogens with zero attached hydrogens (tertiary/aromatic N) is 1. The van der Waals surface area contributed by atoms with Crippen molar-refractivity contribution in [1.82, 2.24) is 4.98 Å². The summed E-state index contributed by atoms with van der Waals surface area (Å²) in [5.74, 6) is 0. The topological polar surface area (TPSA) is 53.4 Å². The molecule has 0 aliphatic rings. The molecule has 0 saturated heterocycles. The molecule has 0 amide bonds. The van der Waals surface area contributed by atoms with E-state index in [1.165, 1.54) is 5.39 Å². The summed E-state index contributed by atoms with van der Waals surface area (Å²) in [6.07, 6.45) is 1.81. The predicted molar refractivity (Wildman–Crippen MR) is 51.9 cm³/mol. The van der Waals surface area contributed by atoms with Crippen molar-refractivity contribution in [3.05, 3.63) is 42.6 Å². The second-order valence-corrected chi connectivity index (χ2v) is 2.31. The number of benzene rings is 1. The van der Waals surface area contributed by atoms with Gasteiger partial charge in [-0.2, -0.15) is 0 Å². The van der Waals surface area contributed by atoms with Crippen LogP contribution in [0.4, 0.5) is 0 Å². The summed E-state index contributed by atoms with van der Waals surface area (Å²) in [4.78, 5) is 4.18. The van der Waals surface area contributed by atoms with Crippen LogP contribution in [-0.4, -0.2) is 22.7 Å². The highest BCUT2D eigenvalue weighted by molar-refractivity contribution is 6.13. The molecule has 4 heteroatoms. The maximum atomic E-state index is 7.00. The molecule has 1 heterocycles. The van der Waals surface area contributed by atoms with Gasteiger partial charge in [0.1, 0.15) is 0 Å². The molecule has 2 rings (SSSR count). The van der Waals surface area contributed by atoms with Gasteiger partial charge < -0.3 is 10.0 Å². The Morgan fingerprint density at radius 3 is 2.31 bits per heavy atom. The van der Waals surface area contributed by atoms with Gasteiger partial charge in [-0.3, -0.25) is 4.98 Å². The van der Waals surface area contributed by atoms with E-state index in [9.17, 15) is 0 Å². The molecule has 1 aromatic carbocycles. The van der Waals surface area contributed by atoms with E-state index in [1.807, 2.05) is 30.5 Å². The first-order chi connectivity index (χ1) is 6.38. The van der Waals surface area contributed by atoms with Crippen molar-refractivity contribution < 1.29 is 10.0 Å². The van der Waals surface area contributed by atoms with Crippen LogP contribution in [0.5, 0.6) is 0 Å². The lowest BCUT2D eigenvalue weighted by Crippen LogP contribution is -1.75. The van der Waals surface area contributed by atoms with Crippen LogP contribution in [0.15, 0.2) is 42.6 Å². The molecule has 0 spiro atoms. The van der Waals surface area contributed by atoms with E-state index in [-0.39, 0.29) is 7.69 Å². The Morgan fingerprint density at radius 2 is 1.62 bits per heavy atom. The summed E-state index contributed by atoms with van der Waals surface area (Å²) in [7, 11) is 0. The van der Waals surface area contributed by atoms with E-state index >= 15 is 0 Å². The Bertz CT molecular complexity index is 302. The van der Waals surface area contributed by atoms with E-state index in [0.717, 1.165) is 5.52 Å². The monoisotopic (exact) mass is 174 g/mol. The second-order valence-electron chi connectivity index (χ2n) is 2.31. The number of hydrogen-bond donors (Lipinski definition) is 2. The fourth-order valence-corrected chi connectivity index (χ4v) is 1.02. The average molecular weight is 174 g/mol. The number of para-hydroxylation sites is 1. The average Bonchev–Trinajstić information content (AvgIpc) is 2.19. The van der Waals surface area contributed by atoms with Crippen molar-refractivity contribution >= 4 is 18.6 Å². The third-order valence-corrected chi connectivity index (χ3v) is 1.51. The normalized spacial score (nSPS) is 8.77. The molecule has 1 aromatic heterocycles. The van der Waals surface area contributed by atoms with E-state index in [0.29, 0.717) is 0 Å². The summed E-state index contributed by atoms with van der Waals surface area (Å²) in [5.41, 5.74) is 1.06. The molecule has 0 bridgehead atoms. The number of hydrogen-bond acceptors (Lipinski definition) is 3. The van der Waals surface area contributed by atoms with Crippen LogP contribution in [0.2, 0.25) is 0 Å². The highest BCUT2D eigenvalue weighted by atomic mass is 16.4. The Balaban J connectivity index is 0.000000251. The molecule has 2 N–H and O–H groups in total. The lowest BCUT2D eigenvalue weighted by Gasteiger charge is -1.91. The molecule has 0 aliphatic heterocycles. The first-order valence-electron chi connectivity index (χ1n) is 3.78. The van der Waals surface area contributed by atoms with Crippen LogP contribution in [0.25, 0.3) is 10.9 Å². The fourth-order valence-electron chi connectivity index (χ4n) is 1.02. The third-order valence-electron chi connectivity index (χ3n) is 1.51. The van der Waals surface area contributed by atoms with Gasteiger partial charge in [-0.1, -0.05) is 24.3 Å². The largest absolute Gasteiger partial charge is 0.482 e. The van der Waals surface area contributed by atoms with Gasteiger partial charge in [0.05, 0.1) is 5.52 Å². The molecule has 0 fully saturated rings. The molecule has 1 radical (unpaired) electrons. The number of aromatic nitrogens is 1. The summed E-state index contributed by atoms with van der Waals surface area (Å²) in [5, 5.41) is 15.2. The summed E-state index contributed by atoms with van der Waals surface area (Å²) < 4.78 is 0. The van der Waals surface area contributed by atoms with Crippen LogP contribution >= 0.6 is 0 Å². The Labute approximate surface area is 77.0 Å². The highest BCUT2D eigenvalue weighted by Gasteiger charge is 1.86. The fraction of sp³-hybridized carbons (Fsp3) is 0. The van der Waals surface area contributed by atoms with Crippen LogP contribution in [0.1, 0.15) is 0 Å². The van der Waals surface area contributed by atoms with Crippen molar-refractivity contribution in [2.75, 3.05) is 0 Å².